The molecule has 2 aromatic rings. The molecule has 2 aromatic carbocycles. The maximum Gasteiger partial charge on any atom is 0.335 e. The van der Waals surface area contributed by atoms with Gasteiger partial charge in [-0.2, -0.15) is 0 Å². The van der Waals surface area contributed by atoms with Crippen LogP contribution in [0, 0.1) is 5.92 Å². The van der Waals surface area contributed by atoms with Gasteiger partial charge in [-0.15, -0.1) is 0 Å². The number of aromatic carboxylic acids is 1. The van der Waals surface area contributed by atoms with Crippen molar-refractivity contribution >= 4 is 29.2 Å². The van der Waals surface area contributed by atoms with Gasteiger partial charge in [0.1, 0.15) is 0 Å². The Hall–Kier alpha value is -4.47. The molecule has 0 spiro atoms. The number of allylic oxidation sites excluding steroid dienone is 1. The number of para-hydroxylation sites is 1. The summed E-state index contributed by atoms with van der Waals surface area (Å²) in [4.78, 5) is 36.7. The van der Waals surface area contributed by atoms with E-state index in [4.69, 9.17) is 0 Å². The van der Waals surface area contributed by atoms with Crippen LogP contribution in [0.1, 0.15) is 34.1 Å². The summed E-state index contributed by atoms with van der Waals surface area (Å²) in [6, 6.07) is 7.37. The number of anilines is 2. The Labute approximate surface area is 181 Å². The monoisotopic (exact) mass is 440 g/mol. The zero-order chi connectivity index (χ0) is 23.6. The van der Waals surface area contributed by atoms with Gasteiger partial charge in [-0.05, 0) is 48.7 Å². The van der Waals surface area contributed by atoms with Crippen LogP contribution >= 0.6 is 0 Å². The second-order valence-electron chi connectivity index (χ2n) is 7.17. The van der Waals surface area contributed by atoms with Crippen LogP contribution in [0.3, 0.4) is 0 Å². The molecular weight excluding hydrogens is 420 g/mol. The van der Waals surface area contributed by atoms with Crippen molar-refractivity contribution in [3.63, 3.8) is 0 Å². The highest BCUT2D eigenvalue weighted by Crippen LogP contribution is 2.31. The van der Waals surface area contributed by atoms with Crippen molar-refractivity contribution in [2.45, 2.75) is 13.3 Å². The molecule has 2 amide bonds. The van der Waals surface area contributed by atoms with Crippen molar-refractivity contribution in [1.82, 2.24) is 0 Å². The third-order valence-electron chi connectivity index (χ3n) is 4.85. The normalized spacial score (nSPS) is 15.7. The number of phenolic OH excluding ortho intramolecular Hbond substituents is 2. The molecule has 0 aliphatic heterocycles. The van der Waals surface area contributed by atoms with Gasteiger partial charge in [-0.1, -0.05) is 13.0 Å². The van der Waals surface area contributed by atoms with Crippen LogP contribution in [-0.4, -0.2) is 43.3 Å². The lowest BCUT2D eigenvalue weighted by Crippen LogP contribution is -2.23. The predicted molar refractivity (Wildman–Crippen MR) is 114 cm³/mol. The maximum atomic E-state index is 12.7. The molecule has 0 aromatic heterocycles. The van der Waals surface area contributed by atoms with E-state index in [0.29, 0.717) is 6.42 Å². The SMILES string of the molecule is CC1CC=C(O)C(O)=C1C(=O)Nc1cc(NC(=O)c2cccc(O)c2O)cc(C(=O)O)c1. The highest BCUT2D eigenvalue weighted by molar-refractivity contribution is 6.09. The summed E-state index contributed by atoms with van der Waals surface area (Å²) in [6.07, 6.45) is 1.70. The number of hydrogen-bond donors (Lipinski definition) is 7. The molecule has 0 heterocycles. The van der Waals surface area contributed by atoms with Crippen molar-refractivity contribution in [2.24, 2.45) is 5.92 Å². The molecule has 7 N–H and O–H groups in total. The lowest BCUT2D eigenvalue weighted by atomic mass is 9.90. The van der Waals surface area contributed by atoms with Crippen LogP contribution in [0.4, 0.5) is 11.4 Å². The Morgan fingerprint density at radius 2 is 1.56 bits per heavy atom. The standard InChI is InChI=1S/C22H20N2O8/c1-10-5-6-16(26)19(28)17(10)21(30)24-13-8-11(22(31)32)7-12(9-13)23-20(29)14-3-2-4-15(25)18(14)27/h2-4,6-10,25-28H,5H2,1H3,(H,23,29)(H,24,30)(H,31,32). The number of nitrogens with one attached hydrogen (secondary N) is 2. The molecule has 0 saturated carbocycles. The van der Waals surface area contributed by atoms with E-state index in [1.54, 1.807) is 6.92 Å². The van der Waals surface area contributed by atoms with E-state index in [2.05, 4.69) is 10.6 Å². The zero-order valence-corrected chi connectivity index (χ0v) is 16.8. The minimum Gasteiger partial charge on any atom is -0.504 e. The topological polar surface area (TPSA) is 176 Å². The Morgan fingerprint density at radius 3 is 2.19 bits per heavy atom. The largest absolute Gasteiger partial charge is 0.504 e. The molecule has 10 nitrogen and oxygen atoms in total. The molecule has 3 rings (SSSR count). The average Bonchev–Trinajstić information content (AvgIpc) is 2.72. The fourth-order valence-corrected chi connectivity index (χ4v) is 3.21. The summed E-state index contributed by atoms with van der Waals surface area (Å²) in [5.41, 5.74) is -0.570. The minimum atomic E-state index is -1.33. The van der Waals surface area contributed by atoms with Gasteiger partial charge in [0.2, 0.25) is 0 Å². The Bertz CT molecular complexity index is 1180. The summed E-state index contributed by atoms with van der Waals surface area (Å²) in [7, 11) is 0. The van der Waals surface area contributed by atoms with Crippen molar-refractivity contribution in [3.8, 4) is 11.5 Å². The molecule has 0 saturated heterocycles. The van der Waals surface area contributed by atoms with E-state index in [1.165, 1.54) is 30.3 Å². The van der Waals surface area contributed by atoms with Gasteiger partial charge in [0.05, 0.1) is 16.7 Å². The molecule has 32 heavy (non-hydrogen) atoms. The number of carbonyl (C=O) groups is 3. The number of hydrogen-bond acceptors (Lipinski definition) is 7. The van der Waals surface area contributed by atoms with Gasteiger partial charge in [0, 0.05) is 11.4 Å². The van der Waals surface area contributed by atoms with Gasteiger partial charge in [0.15, 0.2) is 23.0 Å². The number of carboxylic acid groups (broad SMARTS) is 1. The number of aromatic hydroxyl groups is 2. The number of aliphatic hydroxyl groups excluding tert-OH is 2. The van der Waals surface area contributed by atoms with E-state index in [-0.39, 0.29) is 28.1 Å². The Kier molecular flexibility index (Phi) is 6.06. The molecule has 1 unspecified atom stereocenters. The number of carbonyl (C=O) groups excluding carboxylic acids is 2. The smallest absolute Gasteiger partial charge is 0.335 e. The first-order valence-electron chi connectivity index (χ1n) is 9.43. The molecule has 10 heteroatoms. The number of carboxylic acids is 1. The van der Waals surface area contributed by atoms with Gasteiger partial charge in [-0.3, -0.25) is 9.59 Å². The maximum absolute atomic E-state index is 12.7. The van der Waals surface area contributed by atoms with Gasteiger partial charge in [-0.25, -0.2) is 4.79 Å². The van der Waals surface area contributed by atoms with Crippen molar-refractivity contribution in [1.29, 1.82) is 0 Å². The Balaban J connectivity index is 1.91. The van der Waals surface area contributed by atoms with Crippen LogP contribution < -0.4 is 10.6 Å². The number of amides is 2. The minimum absolute atomic E-state index is 0.00636. The molecule has 0 bridgehead atoms. The lowest BCUT2D eigenvalue weighted by molar-refractivity contribution is -0.113. The molecular formula is C22H20N2O8. The van der Waals surface area contributed by atoms with Crippen LogP contribution in [0.25, 0.3) is 0 Å². The third-order valence-corrected chi connectivity index (χ3v) is 4.85. The van der Waals surface area contributed by atoms with Gasteiger partial charge >= 0.3 is 5.97 Å². The zero-order valence-electron chi connectivity index (χ0n) is 16.8. The summed E-state index contributed by atoms with van der Waals surface area (Å²) in [6.45, 7) is 1.68. The van der Waals surface area contributed by atoms with Crippen LogP contribution in [0.2, 0.25) is 0 Å². The van der Waals surface area contributed by atoms with Crippen molar-refractivity contribution < 1.29 is 39.9 Å². The van der Waals surface area contributed by atoms with Crippen molar-refractivity contribution in [3.05, 3.63) is 70.7 Å². The number of rotatable bonds is 5. The molecule has 0 radical (unpaired) electrons. The van der Waals surface area contributed by atoms with Crippen molar-refractivity contribution in [2.75, 3.05) is 10.6 Å². The van der Waals surface area contributed by atoms with Crippen LogP contribution in [0.15, 0.2) is 59.6 Å². The van der Waals surface area contributed by atoms with E-state index in [1.807, 2.05) is 0 Å². The quantitative estimate of drug-likeness (QED) is 0.346. The van der Waals surface area contributed by atoms with Crippen LogP contribution in [-0.2, 0) is 4.79 Å². The second kappa shape index (κ2) is 8.72. The van der Waals surface area contributed by atoms with Gasteiger partial charge < -0.3 is 36.2 Å². The van der Waals surface area contributed by atoms with E-state index in [9.17, 15) is 39.9 Å². The summed E-state index contributed by atoms with van der Waals surface area (Å²) in [5, 5.41) is 53.4. The first kappa shape index (κ1) is 22.2. The van der Waals surface area contributed by atoms with Gasteiger partial charge in [0.25, 0.3) is 11.8 Å². The van der Waals surface area contributed by atoms with E-state index >= 15 is 0 Å². The van der Waals surface area contributed by atoms with E-state index in [0.717, 1.165) is 12.1 Å². The second-order valence-corrected chi connectivity index (χ2v) is 7.17. The molecule has 1 aliphatic carbocycles. The molecule has 166 valence electrons. The fourth-order valence-electron chi connectivity index (χ4n) is 3.21. The first-order chi connectivity index (χ1) is 15.1. The molecule has 0 fully saturated rings. The third kappa shape index (κ3) is 4.48. The number of benzene rings is 2. The number of aliphatic hydroxyl groups is 2. The fraction of sp³-hybridized carbons (Fsp3) is 0.136. The highest BCUT2D eigenvalue weighted by Gasteiger charge is 2.27. The summed E-state index contributed by atoms with van der Waals surface area (Å²) < 4.78 is 0. The van der Waals surface area contributed by atoms with Crippen LogP contribution in [0.5, 0.6) is 11.5 Å². The molecule has 1 aliphatic rings. The Morgan fingerprint density at radius 1 is 0.938 bits per heavy atom. The van der Waals surface area contributed by atoms with E-state index < -0.39 is 46.7 Å². The number of phenols is 2. The predicted octanol–water partition coefficient (Wildman–Crippen LogP) is 3.28. The summed E-state index contributed by atoms with van der Waals surface area (Å²) >= 11 is 0. The first-order valence-corrected chi connectivity index (χ1v) is 9.43. The molecule has 1 atom stereocenters. The lowest BCUT2D eigenvalue weighted by Gasteiger charge is -2.20. The summed E-state index contributed by atoms with van der Waals surface area (Å²) in [5.74, 6) is -5.44. The highest BCUT2D eigenvalue weighted by atomic mass is 16.4. The average molecular weight is 440 g/mol.